The summed E-state index contributed by atoms with van der Waals surface area (Å²) in [7, 11) is 0. The Morgan fingerprint density at radius 3 is 3.17 bits per heavy atom. The van der Waals surface area contributed by atoms with E-state index in [0.29, 0.717) is 30.7 Å². The molecule has 1 unspecified atom stereocenters. The SMILES string of the molecule is CC(=CO)NC1CCN(C(=O)Cc2c[nH]c3cc(F)ccc23)C1. The monoisotopic (exact) mass is 317 g/mol. The van der Waals surface area contributed by atoms with Crippen LogP contribution in [0.3, 0.4) is 0 Å². The summed E-state index contributed by atoms with van der Waals surface area (Å²) in [6.45, 7) is 3.11. The predicted octanol–water partition coefficient (Wildman–Crippen LogP) is 2.46. The average molecular weight is 317 g/mol. The first-order chi connectivity index (χ1) is 11.1. The number of aromatic nitrogens is 1. The number of fused-ring (bicyclic) bond motifs is 1. The third kappa shape index (κ3) is 3.31. The Kier molecular flexibility index (Phi) is 4.23. The van der Waals surface area contributed by atoms with Crippen molar-refractivity contribution in [1.29, 1.82) is 0 Å². The second-order valence-corrected chi connectivity index (χ2v) is 5.96. The zero-order valence-electron chi connectivity index (χ0n) is 13.0. The van der Waals surface area contributed by atoms with Crippen LogP contribution in [0, 0.1) is 5.82 Å². The molecule has 0 aliphatic carbocycles. The molecule has 6 heteroatoms. The number of rotatable bonds is 4. The van der Waals surface area contributed by atoms with Crippen molar-refractivity contribution < 1.29 is 14.3 Å². The van der Waals surface area contributed by atoms with Crippen LogP contribution in [0.25, 0.3) is 10.9 Å². The number of nitrogens with zero attached hydrogens (tertiary/aromatic N) is 1. The minimum absolute atomic E-state index is 0.0603. The van der Waals surface area contributed by atoms with Gasteiger partial charge in [-0.3, -0.25) is 4.79 Å². The van der Waals surface area contributed by atoms with Crippen molar-refractivity contribution in [3.63, 3.8) is 0 Å². The molecule has 0 saturated carbocycles. The van der Waals surface area contributed by atoms with E-state index in [1.165, 1.54) is 12.1 Å². The van der Waals surface area contributed by atoms with Crippen LogP contribution in [-0.2, 0) is 11.2 Å². The van der Waals surface area contributed by atoms with Gasteiger partial charge in [0.1, 0.15) is 5.82 Å². The van der Waals surface area contributed by atoms with Crippen LogP contribution in [0.2, 0.25) is 0 Å². The lowest BCUT2D eigenvalue weighted by molar-refractivity contribution is -0.129. The Morgan fingerprint density at radius 1 is 1.57 bits per heavy atom. The number of hydrogen-bond acceptors (Lipinski definition) is 3. The van der Waals surface area contributed by atoms with E-state index in [2.05, 4.69) is 10.3 Å². The van der Waals surface area contributed by atoms with Crippen LogP contribution in [0.1, 0.15) is 18.9 Å². The summed E-state index contributed by atoms with van der Waals surface area (Å²) < 4.78 is 13.2. The Morgan fingerprint density at radius 2 is 2.39 bits per heavy atom. The normalized spacial score (nSPS) is 18.6. The number of aromatic amines is 1. The summed E-state index contributed by atoms with van der Waals surface area (Å²) in [5.41, 5.74) is 2.29. The summed E-state index contributed by atoms with van der Waals surface area (Å²) in [5.74, 6) is -0.233. The second-order valence-electron chi connectivity index (χ2n) is 5.96. The molecule has 0 radical (unpaired) electrons. The highest BCUT2D eigenvalue weighted by Gasteiger charge is 2.26. The molecular formula is C17H20FN3O2. The van der Waals surface area contributed by atoms with Gasteiger partial charge < -0.3 is 20.3 Å². The number of hydrogen-bond donors (Lipinski definition) is 3. The molecule has 1 amide bonds. The van der Waals surface area contributed by atoms with E-state index in [-0.39, 0.29) is 17.8 Å². The third-order valence-electron chi connectivity index (χ3n) is 4.24. The first-order valence-electron chi connectivity index (χ1n) is 7.67. The Labute approximate surface area is 133 Å². The van der Waals surface area contributed by atoms with E-state index in [9.17, 15) is 9.18 Å². The van der Waals surface area contributed by atoms with Gasteiger partial charge in [0.25, 0.3) is 0 Å². The molecule has 1 aromatic carbocycles. The molecule has 1 aromatic heterocycles. The molecule has 0 spiro atoms. The molecule has 2 heterocycles. The van der Waals surface area contributed by atoms with Gasteiger partial charge in [-0.05, 0) is 37.1 Å². The summed E-state index contributed by atoms with van der Waals surface area (Å²) in [6.07, 6.45) is 3.96. The van der Waals surface area contributed by atoms with Crippen molar-refractivity contribution in [2.24, 2.45) is 0 Å². The number of nitrogens with one attached hydrogen (secondary N) is 2. The Bertz CT molecular complexity index is 753. The third-order valence-corrected chi connectivity index (χ3v) is 4.24. The first kappa shape index (κ1) is 15.4. The lowest BCUT2D eigenvalue weighted by atomic mass is 10.1. The fraction of sp³-hybridized carbons (Fsp3) is 0.353. The number of carbonyl (C=O) groups is 1. The fourth-order valence-corrected chi connectivity index (χ4v) is 3.04. The minimum Gasteiger partial charge on any atom is -0.514 e. The predicted molar refractivity (Wildman–Crippen MR) is 86.5 cm³/mol. The van der Waals surface area contributed by atoms with Crippen LogP contribution >= 0.6 is 0 Å². The molecule has 23 heavy (non-hydrogen) atoms. The topological polar surface area (TPSA) is 68.4 Å². The molecule has 3 rings (SSSR count). The minimum atomic E-state index is -0.294. The maximum atomic E-state index is 13.2. The van der Waals surface area contributed by atoms with E-state index in [1.807, 2.05) is 4.90 Å². The van der Waals surface area contributed by atoms with Gasteiger partial charge in [0.15, 0.2) is 0 Å². The smallest absolute Gasteiger partial charge is 0.227 e. The molecule has 5 nitrogen and oxygen atoms in total. The maximum absolute atomic E-state index is 13.2. The highest BCUT2D eigenvalue weighted by molar-refractivity contribution is 5.89. The molecule has 2 aromatic rings. The highest BCUT2D eigenvalue weighted by atomic mass is 19.1. The fourth-order valence-electron chi connectivity index (χ4n) is 3.04. The molecule has 1 atom stereocenters. The van der Waals surface area contributed by atoms with E-state index in [1.54, 1.807) is 19.2 Å². The molecule has 1 saturated heterocycles. The van der Waals surface area contributed by atoms with Gasteiger partial charge >= 0.3 is 0 Å². The van der Waals surface area contributed by atoms with Crippen LogP contribution in [0.5, 0.6) is 0 Å². The molecular weight excluding hydrogens is 297 g/mol. The highest BCUT2D eigenvalue weighted by Crippen LogP contribution is 2.21. The summed E-state index contributed by atoms with van der Waals surface area (Å²) in [6, 6.07) is 4.71. The number of likely N-dealkylation sites (tertiary alicyclic amines) is 1. The number of halogens is 1. The van der Waals surface area contributed by atoms with Gasteiger partial charge in [-0.15, -0.1) is 0 Å². The summed E-state index contributed by atoms with van der Waals surface area (Å²) >= 11 is 0. The Hall–Kier alpha value is -2.50. The van der Waals surface area contributed by atoms with E-state index in [0.717, 1.165) is 23.6 Å². The number of benzene rings is 1. The summed E-state index contributed by atoms with van der Waals surface area (Å²) in [5, 5.41) is 13.0. The Balaban J connectivity index is 1.65. The van der Waals surface area contributed by atoms with Crippen molar-refractivity contribution in [3.05, 3.63) is 47.7 Å². The molecule has 1 fully saturated rings. The summed E-state index contributed by atoms with van der Waals surface area (Å²) in [4.78, 5) is 17.3. The zero-order valence-corrected chi connectivity index (χ0v) is 13.0. The number of allylic oxidation sites excluding steroid dienone is 1. The van der Waals surface area contributed by atoms with Crippen molar-refractivity contribution in [2.75, 3.05) is 13.1 Å². The standard InChI is InChI=1S/C17H20FN3O2/c1-11(10-22)20-14-4-5-21(9-14)17(23)6-12-8-19-16-7-13(18)2-3-15(12)16/h2-3,7-8,10,14,19-20,22H,4-6,9H2,1H3. The number of amides is 1. The van der Waals surface area contributed by atoms with Crippen LogP contribution in [0.15, 0.2) is 36.4 Å². The van der Waals surface area contributed by atoms with E-state index in [4.69, 9.17) is 5.11 Å². The van der Waals surface area contributed by atoms with Crippen molar-refractivity contribution >= 4 is 16.8 Å². The van der Waals surface area contributed by atoms with Gasteiger partial charge in [0.05, 0.1) is 12.7 Å². The van der Waals surface area contributed by atoms with Gasteiger partial charge in [-0.1, -0.05) is 0 Å². The van der Waals surface area contributed by atoms with Gasteiger partial charge in [-0.2, -0.15) is 0 Å². The second kappa shape index (κ2) is 6.32. The van der Waals surface area contributed by atoms with E-state index >= 15 is 0 Å². The molecule has 0 bridgehead atoms. The van der Waals surface area contributed by atoms with Crippen molar-refractivity contribution in [3.8, 4) is 0 Å². The first-order valence-corrected chi connectivity index (χ1v) is 7.67. The van der Waals surface area contributed by atoms with Crippen LogP contribution in [-0.4, -0.2) is 40.0 Å². The van der Waals surface area contributed by atoms with Gasteiger partial charge in [-0.25, -0.2) is 4.39 Å². The zero-order chi connectivity index (χ0) is 16.4. The lowest BCUT2D eigenvalue weighted by Gasteiger charge is -2.17. The van der Waals surface area contributed by atoms with Crippen LogP contribution < -0.4 is 5.32 Å². The number of aliphatic hydroxyl groups is 1. The largest absolute Gasteiger partial charge is 0.514 e. The van der Waals surface area contributed by atoms with Gasteiger partial charge in [0, 0.05) is 41.9 Å². The average Bonchev–Trinajstić information content (AvgIpc) is 3.14. The van der Waals surface area contributed by atoms with Crippen LogP contribution in [0.4, 0.5) is 4.39 Å². The molecule has 1 aliphatic rings. The van der Waals surface area contributed by atoms with Gasteiger partial charge in [0.2, 0.25) is 5.91 Å². The molecule has 122 valence electrons. The van der Waals surface area contributed by atoms with Crippen molar-refractivity contribution in [1.82, 2.24) is 15.2 Å². The number of carbonyl (C=O) groups excluding carboxylic acids is 1. The number of aliphatic hydroxyl groups excluding tert-OH is 1. The lowest BCUT2D eigenvalue weighted by Crippen LogP contribution is -2.35. The molecule has 3 N–H and O–H groups in total. The van der Waals surface area contributed by atoms with Crippen molar-refractivity contribution in [2.45, 2.75) is 25.8 Å². The molecule has 1 aliphatic heterocycles. The maximum Gasteiger partial charge on any atom is 0.227 e. The van der Waals surface area contributed by atoms with E-state index < -0.39 is 0 Å². The quantitative estimate of drug-likeness (QED) is 0.759. The number of H-pyrrole nitrogens is 1.